The fourth-order valence-corrected chi connectivity index (χ4v) is 2.33. The van der Waals surface area contributed by atoms with Crippen LogP contribution in [0.5, 0.6) is 0 Å². The third-order valence-corrected chi connectivity index (χ3v) is 3.27. The summed E-state index contributed by atoms with van der Waals surface area (Å²) in [6.07, 6.45) is 1.25. The van der Waals surface area contributed by atoms with Crippen LogP contribution in [0.15, 0.2) is 0 Å². The zero-order valence-electron chi connectivity index (χ0n) is 10.1. The van der Waals surface area contributed by atoms with Crippen LogP contribution in [0.1, 0.15) is 20.3 Å². The van der Waals surface area contributed by atoms with Gasteiger partial charge in [-0.25, -0.2) is 0 Å². The van der Waals surface area contributed by atoms with E-state index in [9.17, 15) is 0 Å². The Bertz CT molecular complexity index is 177. The predicted molar refractivity (Wildman–Crippen MR) is 61.4 cm³/mol. The highest BCUT2D eigenvalue weighted by Gasteiger charge is 2.36. The second-order valence-electron chi connectivity index (χ2n) is 5.37. The molecule has 0 aliphatic carbocycles. The fourth-order valence-electron chi connectivity index (χ4n) is 2.33. The van der Waals surface area contributed by atoms with Crippen molar-refractivity contribution in [2.75, 3.05) is 40.3 Å². The van der Waals surface area contributed by atoms with E-state index in [0.717, 1.165) is 19.6 Å². The Morgan fingerprint density at radius 1 is 1.43 bits per heavy atom. The van der Waals surface area contributed by atoms with E-state index >= 15 is 0 Å². The smallest absolute Gasteiger partial charge is 0.0157 e. The highest BCUT2D eigenvalue weighted by Crippen LogP contribution is 2.31. The molecular weight excluding hydrogens is 174 g/mol. The molecule has 1 aliphatic heterocycles. The average molecular weight is 199 g/mol. The Morgan fingerprint density at radius 3 is 2.50 bits per heavy atom. The highest BCUT2D eigenvalue weighted by atomic mass is 15.2. The van der Waals surface area contributed by atoms with Gasteiger partial charge in [-0.05, 0) is 46.8 Å². The van der Waals surface area contributed by atoms with Crippen molar-refractivity contribution in [3.63, 3.8) is 0 Å². The van der Waals surface area contributed by atoms with Gasteiger partial charge >= 0.3 is 0 Å². The molecule has 1 aliphatic rings. The molecule has 3 heteroatoms. The van der Waals surface area contributed by atoms with E-state index < -0.39 is 0 Å². The van der Waals surface area contributed by atoms with Crippen LogP contribution in [0.25, 0.3) is 0 Å². The van der Waals surface area contributed by atoms with Gasteiger partial charge in [-0.1, -0.05) is 0 Å². The summed E-state index contributed by atoms with van der Waals surface area (Å²) in [6, 6.07) is 0. The van der Waals surface area contributed by atoms with E-state index in [2.05, 4.69) is 37.7 Å². The molecule has 0 bridgehead atoms. The van der Waals surface area contributed by atoms with Gasteiger partial charge in [0.1, 0.15) is 0 Å². The molecule has 14 heavy (non-hydrogen) atoms. The van der Waals surface area contributed by atoms with Crippen LogP contribution < -0.4 is 5.73 Å². The van der Waals surface area contributed by atoms with E-state index in [1.54, 1.807) is 0 Å². The van der Waals surface area contributed by atoms with Crippen LogP contribution in [0.2, 0.25) is 0 Å². The van der Waals surface area contributed by atoms with E-state index in [1.807, 2.05) is 0 Å². The molecular formula is C11H25N3. The van der Waals surface area contributed by atoms with Crippen molar-refractivity contribution >= 4 is 0 Å². The first-order valence-electron chi connectivity index (χ1n) is 5.55. The molecule has 0 radical (unpaired) electrons. The largest absolute Gasteiger partial charge is 0.330 e. The minimum atomic E-state index is 0.347. The molecule has 0 amide bonds. The summed E-state index contributed by atoms with van der Waals surface area (Å²) in [6.45, 7) is 8.98. The van der Waals surface area contributed by atoms with Gasteiger partial charge in [0.05, 0.1) is 0 Å². The van der Waals surface area contributed by atoms with Crippen LogP contribution in [0.3, 0.4) is 0 Å². The van der Waals surface area contributed by atoms with Gasteiger partial charge in [-0.15, -0.1) is 0 Å². The van der Waals surface area contributed by atoms with Crippen molar-refractivity contribution in [2.24, 2.45) is 11.7 Å². The van der Waals surface area contributed by atoms with E-state index in [4.69, 9.17) is 5.73 Å². The number of hydrogen-bond donors (Lipinski definition) is 1. The predicted octanol–water partition coefficient (Wildman–Crippen LogP) is 0.607. The molecule has 1 saturated heterocycles. The molecule has 1 rings (SSSR count). The van der Waals surface area contributed by atoms with Crippen LogP contribution in [0.4, 0.5) is 0 Å². The van der Waals surface area contributed by atoms with E-state index in [0.29, 0.717) is 11.5 Å². The molecule has 0 aromatic rings. The molecule has 1 heterocycles. The normalized spacial score (nSPS) is 27.4. The lowest BCUT2D eigenvalue weighted by Crippen LogP contribution is -2.41. The molecule has 1 fully saturated rings. The lowest BCUT2D eigenvalue weighted by atomic mass is 9.96. The highest BCUT2D eigenvalue weighted by molar-refractivity contribution is 4.93. The van der Waals surface area contributed by atoms with Crippen LogP contribution in [0, 0.1) is 5.92 Å². The molecule has 1 unspecified atom stereocenters. The summed E-state index contributed by atoms with van der Waals surface area (Å²) in [5, 5.41) is 0. The number of likely N-dealkylation sites (N-methyl/N-ethyl adjacent to an activating group) is 1. The maximum absolute atomic E-state index is 5.74. The zero-order valence-corrected chi connectivity index (χ0v) is 10.1. The first-order chi connectivity index (χ1) is 6.45. The lowest BCUT2D eigenvalue weighted by Gasteiger charge is -2.32. The van der Waals surface area contributed by atoms with Gasteiger partial charge in [0.2, 0.25) is 0 Å². The Hall–Kier alpha value is -0.120. The van der Waals surface area contributed by atoms with Crippen molar-refractivity contribution in [3.8, 4) is 0 Å². The first kappa shape index (κ1) is 12.0. The maximum atomic E-state index is 5.74. The minimum Gasteiger partial charge on any atom is -0.330 e. The fraction of sp³-hybridized carbons (Fsp3) is 1.00. The zero-order chi connectivity index (χ0) is 10.8. The molecule has 1 atom stereocenters. The standard InChI is InChI=1S/C11H25N3/c1-11(2)7-10(8-12)9-14(11)6-5-13(3)4/h10H,5-9,12H2,1-4H3. The number of nitrogens with two attached hydrogens (primary N) is 1. The van der Waals surface area contributed by atoms with Gasteiger partial charge < -0.3 is 10.6 Å². The SMILES string of the molecule is CN(C)CCN1CC(CN)CC1(C)C. The van der Waals surface area contributed by atoms with Crippen molar-refractivity contribution in [3.05, 3.63) is 0 Å². The third-order valence-electron chi connectivity index (χ3n) is 3.27. The molecule has 0 saturated carbocycles. The minimum absolute atomic E-state index is 0.347. The second-order valence-corrected chi connectivity index (χ2v) is 5.37. The molecule has 0 aromatic heterocycles. The second kappa shape index (κ2) is 4.60. The third kappa shape index (κ3) is 2.94. The van der Waals surface area contributed by atoms with E-state index in [-0.39, 0.29) is 0 Å². The van der Waals surface area contributed by atoms with Crippen molar-refractivity contribution in [2.45, 2.75) is 25.8 Å². The van der Waals surface area contributed by atoms with Crippen LogP contribution in [-0.4, -0.2) is 55.6 Å². The van der Waals surface area contributed by atoms with Gasteiger partial charge in [0.15, 0.2) is 0 Å². The van der Waals surface area contributed by atoms with Crippen molar-refractivity contribution < 1.29 is 0 Å². The summed E-state index contributed by atoms with van der Waals surface area (Å²) in [7, 11) is 4.26. The number of hydrogen-bond acceptors (Lipinski definition) is 3. The summed E-state index contributed by atoms with van der Waals surface area (Å²) in [5.41, 5.74) is 6.08. The molecule has 0 aromatic carbocycles. The lowest BCUT2D eigenvalue weighted by molar-refractivity contribution is 0.159. The number of nitrogens with zero attached hydrogens (tertiary/aromatic N) is 2. The van der Waals surface area contributed by atoms with Gasteiger partial charge in [-0.3, -0.25) is 4.90 Å². The van der Waals surface area contributed by atoms with Crippen LogP contribution in [-0.2, 0) is 0 Å². The van der Waals surface area contributed by atoms with Gasteiger partial charge in [-0.2, -0.15) is 0 Å². The Morgan fingerprint density at radius 2 is 2.07 bits per heavy atom. The van der Waals surface area contributed by atoms with Crippen molar-refractivity contribution in [1.82, 2.24) is 9.80 Å². The molecule has 2 N–H and O–H groups in total. The number of rotatable bonds is 4. The van der Waals surface area contributed by atoms with Crippen molar-refractivity contribution in [1.29, 1.82) is 0 Å². The quantitative estimate of drug-likeness (QED) is 0.720. The summed E-state index contributed by atoms with van der Waals surface area (Å²) < 4.78 is 0. The Kier molecular flexibility index (Phi) is 3.93. The van der Waals surface area contributed by atoms with Crippen LogP contribution >= 0.6 is 0 Å². The first-order valence-corrected chi connectivity index (χ1v) is 5.55. The summed E-state index contributed by atoms with van der Waals surface area (Å²) >= 11 is 0. The topological polar surface area (TPSA) is 32.5 Å². The van der Waals surface area contributed by atoms with Gasteiger partial charge in [0.25, 0.3) is 0 Å². The molecule has 3 nitrogen and oxygen atoms in total. The number of likely N-dealkylation sites (tertiary alicyclic amines) is 1. The monoisotopic (exact) mass is 199 g/mol. The maximum Gasteiger partial charge on any atom is 0.0157 e. The Labute approximate surface area is 88.2 Å². The van der Waals surface area contributed by atoms with E-state index in [1.165, 1.54) is 13.0 Å². The molecule has 84 valence electrons. The summed E-state index contributed by atoms with van der Waals surface area (Å²) in [5.74, 6) is 0.701. The molecule has 0 spiro atoms. The summed E-state index contributed by atoms with van der Waals surface area (Å²) in [4.78, 5) is 4.82. The Balaban J connectivity index is 2.44. The van der Waals surface area contributed by atoms with Gasteiger partial charge in [0, 0.05) is 25.2 Å². The average Bonchev–Trinajstić information content (AvgIpc) is 2.37.